The topological polar surface area (TPSA) is 76.0 Å². The number of nitrogens with one attached hydrogen (secondary N) is 1. The van der Waals surface area contributed by atoms with Crippen LogP contribution >= 0.6 is 0 Å². The molecule has 28 heavy (non-hydrogen) atoms. The standard InChI is InChI=1S/C23H18N2O3/c26-23(16-7-2-1-3-8-16)14-20(17-9-6-10-18(13-17)25(27)28)21-15-24-22-12-5-4-11-19(21)22/h1-13,15,20,24H,14H2/t20-/m1/s1. The van der Waals surface area contributed by atoms with Gasteiger partial charge in [-0.3, -0.25) is 14.9 Å². The van der Waals surface area contributed by atoms with Gasteiger partial charge in [0, 0.05) is 47.1 Å². The molecule has 1 N–H and O–H groups in total. The van der Waals surface area contributed by atoms with E-state index in [1.54, 1.807) is 24.3 Å². The van der Waals surface area contributed by atoms with Crippen molar-refractivity contribution in [3.63, 3.8) is 0 Å². The van der Waals surface area contributed by atoms with Crippen molar-refractivity contribution in [2.75, 3.05) is 0 Å². The number of ketones is 1. The molecule has 0 fully saturated rings. The number of rotatable bonds is 6. The average molecular weight is 370 g/mol. The SMILES string of the molecule is O=C(C[C@H](c1cccc([N+](=O)[O-])c1)c1c[nH]c2ccccc12)c1ccccc1. The maximum atomic E-state index is 12.9. The van der Waals surface area contributed by atoms with Gasteiger partial charge in [0.15, 0.2) is 5.78 Å². The molecule has 0 aliphatic heterocycles. The first kappa shape index (κ1) is 17.7. The fourth-order valence-electron chi connectivity index (χ4n) is 3.57. The lowest BCUT2D eigenvalue weighted by molar-refractivity contribution is -0.384. The highest BCUT2D eigenvalue weighted by molar-refractivity contribution is 5.97. The summed E-state index contributed by atoms with van der Waals surface area (Å²) in [6.45, 7) is 0. The van der Waals surface area contributed by atoms with Gasteiger partial charge in [0.2, 0.25) is 0 Å². The Labute approximate surface area is 161 Å². The zero-order valence-electron chi connectivity index (χ0n) is 15.0. The molecule has 1 atom stereocenters. The predicted octanol–water partition coefficient (Wildman–Crippen LogP) is 5.48. The van der Waals surface area contributed by atoms with Gasteiger partial charge in [0.1, 0.15) is 0 Å². The highest BCUT2D eigenvalue weighted by atomic mass is 16.6. The van der Waals surface area contributed by atoms with E-state index in [1.165, 1.54) is 6.07 Å². The lowest BCUT2D eigenvalue weighted by atomic mass is 9.85. The number of benzene rings is 3. The number of para-hydroxylation sites is 1. The van der Waals surface area contributed by atoms with Gasteiger partial charge in [-0.25, -0.2) is 0 Å². The Hall–Kier alpha value is -3.73. The summed E-state index contributed by atoms with van der Waals surface area (Å²) in [5, 5.41) is 12.3. The van der Waals surface area contributed by atoms with E-state index in [0.717, 1.165) is 22.0 Å². The monoisotopic (exact) mass is 370 g/mol. The molecule has 5 nitrogen and oxygen atoms in total. The van der Waals surface area contributed by atoms with Crippen molar-refractivity contribution in [3.8, 4) is 0 Å². The molecule has 0 spiro atoms. The molecular formula is C23H18N2O3. The second kappa shape index (κ2) is 7.48. The Balaban J connectivity index is 1.80. The van der Waals surface area contributed by atoms with Gasteiger partial charge in [0.05, 0.1) is 4.92 Å². The first-order chi connectivity index (χ1) is 13.6. The van der Waals surface area contributed by atoms with Gasteiger partial charge in [-0.1, -0.05) is 60.7 Å². The Morgan fingerprint density at radius 2 is 1.71 bits per heavy atom. The largest absolute Gasteiger partial charge is 0.361 e. The molecule has 0 saturated heterocycles. The second-order valence-electron chi connectivity index (χ2n) is 6.69. The van der Waals surface area contributed by atoms with Gasteiger partial charge in [0.25, 0.3) is 5.69 Å². The molecule has 4 aromatic rings. The minimum Gasteiger partial charge on any atom is -0.361 e. The van der Waals surface area contributed by atoms with Gasteiger partial charge >= 0.3 is 0 Å². The third kappa shape index (κ3) is 3.42. The summed E-state index contributed by atoms with van der Waals surface area (Å²) < 4.78 is 0. The Morgan fingerprint density at radius 1 is 0.964 bits per heavy atom. The Kier molecular flexibility index (Phi) is 4.72. The Bertz CT molecular complexity index is 1150. The van der Waals surface area contributed by atoms with Gasteiger partial charge in [-0.2, -0.15) is 0 Å². The van der Waals surface area contributed by atoms with Crippen LogP contribution in [0.3, 0.4) is 0 Å². The number of nitro benzene ring substituents is 1. The maximum Gasteiger partial charge on any atom is 0.269 e. The van der Waals surface area contributed by atoms with E-state index in [4.69, 9.17) is 0 Å². The molecule has 0 unspecified atom stereocenters. The molecule has 0 amide bonds. The van der Waals surface area contributed by atoms with E-state index in [0.29, 0.717) is 5.56 Å². The number of aromatic amines is 1. The molecule has 0 saturated carbocycles. The molecule has 0 aliphatic rings. The molecule has 0 bridgehead atoms. The van der Waals surface area contributed by atoms with Crippen LogP contribution in [-0.2, 0) is 0 Å². The lowest BCUT2D eigenvalue weighted by Crippen LogP contribution is -2.09. The molecular weight excluding hydrogens is 352 g/mol. The van der Waals surface area contributed by atoms with E-state index in [1.807, 2.05) is 54.7 Å². The number of carbonyl (C=O) groups excluding carboxylic acids is 1. The number of hydrogen-bond acceptors (Lipinski definition) is 3. The van der Waals surface area contributed by atoms with Crippen molar-refractivity contribution >= 4 is 22.4 Å². The number of Topliss-reactive ketones (excluding diaryl/α,β-unsaturated/α-hetero) is 1. The van der Waals surface area contributed by atoms with Crippen LogP contribution in [-0.4, -0.2) is 15.7 Å². The summed E-state index contributed by atoms with van der Waals surface area (Å²) in [6.07, 6.45) is 2.12. The van der Waals surface area contributed by atoms with Gasteiger partial charge < -0.3 is 4.98 Å². The quantitative estimate of drug-likeness (QED) is 0.277. The number of nitrogens with zero attached hydrogens (tertiary/aromatic N) is 1. The lowest BCUT2D eigenvalue weighted by Gasteiger charge is -2.17. The van der Waals surface area contributed by atoms with Crippen molar-refractivity contribution in [2.45, 2.75) is 12.3 Å². The van der Waals surface area contributed by atoms with Crippen LogP contribution in [0.4, 0.5) is 5.69 Å². The minimum atomic E-state index is -0.408. The number of nitro groups is 1. The zero-order chi connectivity index (χ0) is 19.5. The maximum absolute atomic E-state index is 12.9. The van der Waals surface area contributed by atoms with Gasteiger partial charge in [-0.15, -0.1) is 0 Å². The van der Waals surface area contributed by atoms with Crippen LogP contribution in [0.1, 0.15) is 33.8 Å². The normalized spacial score (nSPS) is 12.0. The van der Waals surface area contributed by atoms with Crippen LogP contribution in [0, 0.1) is 10.1 Å². The second-order valence-corrected chi connectivity index (χ2v) is 6.69. The van der Waals surface area contributed by atoms with Crippen molar-refractivity contribution in [2.24, 2.45) is 0 Å². The van der Waals surface area contributed by atoms with Crippen LogP contribution < -0.4 is 0 Å². The fourth-order valence-corrected chi connectivity index (χ4v) is 3.57. The number of non-ortho nitro benzene ring substituents is 1. The fraction of sp³-hybridized carbons (Fsp3) is 0.0870. The number of H-pyrrole nitrogens is 1. The molecule has 5 heteroatoms. The highest BCUT2D eigenvalue weighted by Gasteiger charge is 2.23. The third-order valence-electron chi connectivity index (χ3n) is 4.97. The number of hydrogen-bond donors (Lipinski definition) is 1. The molecule has 4 rings (SSSR count). The Morgan fingerprint density at radius 3 is 2.50 bits per heavy atom. The highest BCUT2D eigenvalue weighted by Crippen LogP contribution is 2.35. The molecule has 3 aromatic carbocycles. The van der Waals surface area contributed by atoms with Crippen molar-refractivity contribution in [1.82, 2.24) is 4.98 Å². The summed E-state index contributed by atoms with van der Waals surface area (Å²) in [4.78, 5) is 27.0. The molecule has 138 valence electrons. The summed E-state index contributed by atoms with van der Waals surface area (Å²) in [5.41, 5.74) is 3.34. The average Bonchev–Trinajstić information content (AvgIpc) is 3.16. The zero-order valence-corrected chi connectivity index (χ0v) is 15.0. The van der Waals surface area contributed by atoms with Crippen molar-refractivity contribution in [3.05, 3.63) is 112 Å². The van der Waals surface area contributed by atoms with E-state index in [2.05, 4.69) is 4.98 Å². The van der Waals surface area contributed by atoms with Crippen LogP contribution in [0.15, 0.2) is 85.1 Å². The molecule has 1 heterocycles. The summed E-state index contributed by atoms with van der Waals surface area (Å²) in [5.74, 6) is -0.286. The summed E-state index contributed by atoms with van der Waals surface area (Å²) in [7, 11) is 0. The molecule has 0 aliphatic carbocycles. The first-order valence-electron chi connectivity index (χ1n) is 9.02. The van der Waals surface area contributed by atoms with E-state index < -0.39 is 4.92 Å². The van der Waals surface area contributed by atoms with Crippen LogP contribution in [0.5, 0.6) is 0 Å². The van der Waals surface area contributed by atoms with E-state index in [-0.39, 0.29) is 23.8 Å². The predicted molar refractivity (Wildman–Crippen MR) is 109 cm³/mol. The summed E-state index contributed by atoms with van der Waals surface area (Å²) >= 11 is 0. The summed E-state index contributed by atoms with van der Waals surface area (Å²) in [6, 6.07) is 23.5. The van der Waals surface area contributed by atoms with Crippen LogP contribution in [0.2, 0.25) is 0 Å². The van der Waals surface area contributed by atoms with Crippen molar-refractivity contribution in [1.29, 1.82) is 0 Å². The van der Waals surface area contributed by atoms with E-state index in [9.17, 15) is 14.9 Å². The van der Waals surface area contributed by atoms with Crippen LogP contribution in [0.25, 0.3) is 10.9 Å². The molecule has 0 radical (unpaired) electrons. The number of aromatic nitrogens is 1. The van der Waals surface area contributed by atoms with Crippen molar-refractivity contribution < 1.29 is 9.72 Å². The number of carbonyl (C=O) groups is 1. The molecule has 1 aromatic heterocycles. The minimum absolute atomic E-state index is 0.00221. The first-order valence-corrected chi connectivity index (χ1v) is 9.02. The van der Waals surface area contributed by atoms with Gasteiger partial charge in [-0.05, 0) is 17.2 Å². The van der Waals surface area contributed by atoms with E-state index >= 15 is 0 Å². The smallest absolute Gasteiger partial charge is 0.269 e. The number of fused-ring (bicyclic) bond motifs is 1. The third-order valence-corrected chi connectivity index (χ3v) is 4.97.